The van der Waals surface area contributed by atoms with Crippen molar-refractivity contribution in [3.8, 4) is 0 Å². The lowest BCUT2D eigenvalue weighted by atomic mass is 9.84. The predicted octanol–water partition coefficient (Wildman–Crippen LogP) is 1.62. The molecule has 2 atom stereocenters. The molecule has 0 bridgehead atoms. The Hall–Kier alpha value is -2.66. The number of hydrogen-bond acceptors (Lipinski definition) is 3. The second-order valence-electron chi connectivity index (χ2n) is 6.42. The first-order valence-corrected chi connectivity index (χ1v) is 8.55. The summed E-state index contributed by atoms with van der Waals surface area (Å²) in [5.41, 5.74) is 13.8. The van der Waals surface area contributed by atoms with Crippen LogP contribution in [0.25, 0.3) is 0 Å². The van der Waals surface area contributed by atoms with E-state index in [1.54, 1.807) is 4.90 Å². The van der Waals surface area contributed by atoms with Crippen molar-refractivity contribution in [2.24, 2.45) is 11.5 Å². The molecule has 5 nitrogen and oxygen atoms in total. The highest BCUT2D eigenvalue weighted by Crippen LogP contribution is 2.29. The fraction of sp³-hybridized carbons (Fsp3) is 0.300. The SMILES string of the molecule is NC(=O)[C@@H]1CCCN1C(=O)[C@@H](N)C(c1ccccc1)c1ccccc1. The van der Waals surface area contributed by atoms with E-state index in [0.717, 1.165) is 17.5 Å². The van der Waals surface area contributed by atoms with Crippen LogP contribution in [0.2, 0.25) is 0 Å². The molecule has 1 fully saturated rings. The van der Waals surface area contributed by atoms with Crippen LogP contribution in [0.1, 0.15) is 29.9 Å². The minimum absolute atomic E-state index is 0.223. The topological polar surface area (TPSA) is 89.4 Å². The predicted molar refractivity (Wildman–Crippen MR) is 96.6 cm³/mol. The molecule has 2 amide bonds. The van der Waals surface area contributed by atoms with Crippen molar-refractivity contribution < 1.29 is 9.59 Å². The van der Waals surface area contributed by atoms with Gasteiger partial charge < -0.3 is 16.4 Å². The molecule has 0 saturated carbocycles. The first kappa shape index (κ1) is 17.2. The fourth-order valence-electron chi connectivity index (χ4n) is 3.59. The van der Waals surface area contributed by atoms with Gasteiger partial charge in [-0.25, -0.2) is 0 Å². The maximum absolute atomic E-state index is 13.0. The number of rotatable bonds is 5. The molecule has 0 aromatic heterocycles. The molecule has 3 rings (SSSR count). The summed E-state index contributed by atoms with van der Waals surface area (Å²) in [6.07, 6.45) is 1.38. The fourth-order valence-corrected chi connectivity index (χ4v) is 3.59. The van der Waals surface area contributed by atoms with E-state index in [0.29, 0.717) is 13.0 Å². The molecule has 1 saturated heterocycles. The minimum atomic E-state index is -0.773. The van der Waals surface area contributed by atoms with E-state index in [1.165, 1.54) is 0 Å². The summed E-state index contributed by atoms with van der Waals surface area (Å²) in [5.74, 6) is -0.961. The summed E-state index contributed by atoms with van der Waals surface area (Å²) in [7, 11) is 0. The highest BCUT2D eigenvalue weighted by Gasteiger charge is 2.38. The Morgan fingerprint density at radius 3 is 1.96 bits per heavy atom. The van der Waals surface area contributed by atoms with E-state index in [9.17, 15) is 9.59 Å². The summed E-state index contributed by atoms with van der Waals surface area (Å²) in [5, 5.41) is 0. The second kappa shape index (κ2) is 7.49. The third kappa shape index (κ3) is 3.56. The Morgan fingerprint density at radius 1 is 0.960 bits per heavy atom. The number of carbonyl (C=O) groups excluding carboxylic acids is 2. The molecule has 0 unspecified atom stereocenters. The normalized spacial score (nSPS) is 18.3. The molecule has 0 aliphatic carbocycles. The summed E-state index contributed by atoms with van der Waals surface area (Å²) < 4.78 is 0. The van der Waals surface area contributed by atoms with E-state index in [1.807, 2.05) is 60.7 Å². The highest BCUT2D eigenvalue weighted by atomic mass is 16.2. The van der Waals surface area contributed by atoms with Crippen molar-refractivity contribution in [1.82, 2.24) is 4.90 Å². The van der Waals surface area contributed by atoms with Crippen LogP contribution in [0.5, 0.6) is 0 Å². The second-order valence-corrected chi connectivity index (χ2v) is 6.42. The molecule has 1 aliphatic rings. The zero-order valence-corrected chi connectivity index (χ0v) is 14.0. The lowest BCUT2D eigenvalue weighted by molar-refractivity contribution is -0.138. The molecule has 4 N–H and O–H groups in total. The molecule has 2 aromatic carbocycles. The number of carbonyl (C=O) groups is 2. The zero-order chi connectivity index (χ0) is 17.8. The zero-order valence-electron chi connectivity index (χ0n) is 14.0. The molecule has 2 aromatic rings. The van der Waals surface area contributed by atoms with Gasteiger partial charge in [0, 0.05) is 12.5 Å². The van der Waals surface area contributed by atoms with Gasteiger partial charge in [0.1, 0.15) is 6.04 Å². The lowest BCUT2D eigenvalue weighted by Gasteiger charge is -2.30. The van der Waals surface area contributed by atoms with E-state index >= 15 is 0 Å². The number of likely N-dealkylation sites (tertiary alicyclic amines) is 1. The number of benzene rings is 2. The van der Waals surface area contributed by atoms with Crippen LogP contribution >= 0.6 is 0 Å². The number of hydrogen-bond donors (Lipinski definition) is 2. The Labute approximate surface area is 147 Å². The Kier molecular flexibility index (Phi) is 5.14. The van der Waals surface area contributed by atoms with Crippen molar-refractivity contribution >= 4 is 11.8 Å². The van der Waals surface area contributed by atoms with Crippen molar-refractivity contribution in [2.75, 3.05) is 6.54 Å². The smallest absolute Gasteiger partial charge is 0.241 e. The molecule has 0 spiro atoms. The number of nitrogens with two attached hydrogens (primary N) is 2. The van der Waals surface area contributed by atoms with E-state index in [-0.39, 0.29) is 11.8 Å². The summed E-state index contributed by atoms with van der Waals surface area (Å²) in [6.45, 7) is 0.524. The maximum Gasteiger partial charge on any atom is 0.241 e. The monoisotopic (exact) mass is 337 g/mol. The Bertz CT molecular complexity index is 694. The molecule has 25 heavy (non-hydrogen) atoms. The third-order valence-corrected chi connectivity index (χ3v) is 4.83. The van der Waals surface area contributed by atoms with Crippen molar-refractivity contribution in [3.63, 3.8) is 0 Å². The molecule has 5 heteroatoms. The van der Waals surface area contributed by atoms with Crippen LogP contribution in [0.4, 0.5) is 0 Å². The van der Waals surface area contributed by atoms with Crippen LogP contribution in [0.3, 0.4) is 0 Å². The van der Waals surface area contributed by atoms with Crippen LogP contribution in [0.15, 0.2) is 60.7 Å². The van der Waals surface area contributed by atoms with Crippen molar-refractivity contribution in [3.05, 3.63) is 71.8 Å². The largest absolute Gasteiger partial charge is 0.368 e. The molecular formula is C20H23N3O2. The minimum Gasteiger partial charge on any atom is -0.368 e. The molecule has 1 aliphatic heterocycles. The first-order valence-electron chi connectivity index (χ1n) is 8.55. The standard InChI is InChI=1S/C20H23N3O2/c21-18(20(25)23-13-7-12-16(23)19(22)24)17(14-8-3-1-4-9-14)15-10-5-2-6-11-15/h1-6,8-11,16-18H,7,12-13,21H2,(H2,22,24)/t16-,18-/m0/s1. The van der Waals surface area contributed by atoms with Gasteiger partial charge in [-0.3, -0.25) is 9.59 Å². The van der Waals surface area contributed by atoms with Gasteiger partial charge >= 0.3 is 0 Å². The molecule has 1 heterocycles. The van der Waals surface area contributed by atoms with Gasteiger partial charge in [0.05, 0.1) is 6.04 Å². The summed E-state index contributed by atoms with van der Waals surface area (Å²) in [4.78, 5) is 26.2. The van der Waals surface area contributed by atoms with Gasteiger partial charge in [-0.05, 0) is 24.0 Å². The van der Waals surface area contributed by atoms with Crippen LogP contribution in [0, 0.1) is 0 Å². The first-order chi connectivity index (χ1) is 12.1. The Balaban J connectivity index is 1.93. The van der Waals surface area contributed by atoms with Gasteiger partial charge in [-0.2, -0.15) is 0 Å². The van der Waals surface area contributed by atoms with E-state index in [4.69, 9.17) is 11.5 Å². The highest BCUT2D eigenvalue weighted by molar-refractivity contribution is 5.90. The van der Waals surface area contributed by atoms with E-state index < -0.39 is 18.0 Å². The van der Waals surface area contributed by atoms with Gasteiger partial charge in [0.15, 0.2) is 0 Å². The number of nitrogens with zero attached hydrogens (tertiary/aromatic N) is 1. The van der Waals surface area contributed by atoms with Gasteiger partial charge in [-0.1, -0.05) is 60.7 Å². The van der Waals surface area contributed by atoms with Crippen LogP contribution < -0.4 is 11.5 Å². The van der Waals surface area contributed by atoms with Crippen molar-refractivity contribution in [1.29, 1.82) is 0 Å². The number of primary amides is 1. The lowest BCUT2D eigenvalue weighted by Crippen LogP contribution is -2.52. The number of amides is 2. The van der Waals surface area contributed by atoms with E-state index in [2.05, 4.69) is 0 Å². The van der Waals surface area contributed by atoms with Crippen LogP contribution in [-0.2, 0) is 9.59 Å². The maximum atomic E-state index is 13.0. The average molecular weight is 337 g/mol. The van der Waals surface area contributed by atoms with Gasteiger partial charge in [0.2, 0.25) is 11.8 Å². The van der Waals surface area contributed by atoms with Gasteiger partial charge in [0.25, 0.3) is 0 Å². The Morgan fingerprint density at radius 2 is 1.48 bits per heavy atom. The summed E-state index contributed by atoms with van der Waals surface area (Å²) in [6, 6.07) is 18.2. The molecular weight excluding hydrogens is 314 g/mol. The third-order valence-electron chi connectivity index (χ3n) is 4.83. The molecule has 130 valence electrons. The average Bonchev–Trinajstić information content (AvgIpc) is 3.13. The van der Waals surface area contributed by atoms with Gasteiger partial charge in [-0.15, -0.1) is 0 Å². The summed E-state index contributed by atoms with van der Waals surface area (Å²) >= 11 is 0. The van der Waals surface area contributed by atoms with Crippen molar-refractivity contribution in [2.45, 2.75) is 30.8 Å². The quantitative estimate of drug-likeness (QED) is 0.869. The molecule has 0 radical (unpaired) electrons. The van der Waals surface area contributed by atoms with Crippen LogP contribution in [-0.4, -0.2) is 35.3 Å².